The average Bonchev–Trinajstić information content (AvgIpc) is 3.67. The van der Waals surface area contributed by atoms with E-state index in [1.54, 1.807) is 0 Å². The summed E-state index contributed by atoms with van der Waals surface area (Å²) in [6.45, 7) is 0. The van der Waals surface area contributed by atoms with Gasteiger partial charge in [0.05, 0.1) is 0 Å². The van der Waals surface area contributed by atoms with Crippen molar-refractivity contribution in [1.82, 2.24) is 39.9 Å². The molecule has 0 spiro atoms. The molecular formula is C28H16N8. The van der Waals surface area contributed by atoms with E-state index in [2.05, 4.69) is 9.97 Å². The molecule has 2 aliphatic rings. The van der Waals surface area contributed by atoms with Crippen molar-refractivity contribution in [1.29, 1.82) is 0 Å². The second-order valence-corrected chi connectivity index (χ2v) is 8.65. The molecule has 0 aliphatic carbocycles. The molecule has 0 saturated carbocycles. The molecular weight excluding hydrogens is 448 g/mol. The highest BCUT2D eigenvalue weighted by Gasteiger charge is 2.22. The molecule has 8 bridgehead atoms. The number of fused-ring (bicyclic) bond motifs is 17. The van der Waals surface area contributed by atoms with Crippen LogP contribution in [0.5, 0.6) is 0 Å². The average molecular weight is 464 g/mol. The Balaban J connectivity index is 1.56. The summed E-state index contributed by atoms with van der Waals surface area (Å²) in [6, 6.07) is 27.8. The second-order valence-electron chi connectivity index (χ2n) is 8.65. The van der Waals surface area contributed by atoms with Crippen molar-refractivity contribution in [3.63, 3.8) is 0 Å². The zero-order chi connectivity index (χ0) is 23.6. The van der Waals surface area contributed by atoms with Crippen LogP contribution in [0.3, 0.4) is 0 Å². The van der Waals surface area contributed by atoms with Gasteiger partial charge in [0.25, 0.3) is 0 Å². The standard InChI is InChI=1S/C28H16N8/c1-3-9-17-15(7-1)23-30-21-13-14-22(29-21)31-24-16-8-2-4-10-18(16)26(33-24)35-28-20-12-6-5-11-19(20)27(36-28)34-25(17)32-23/h1-14H,(H2,29,30,31,32,33,34,35,36). The Morgan fingerprint density at radius 1 is 0.361 bits per heavy atom. The lowest BCUT2D eigenvalue weighted by Crippen LogP contribution is -1.84. The maximum Gasteiger partial charge on any atom is 0.164 e. The van der Waals surface area contributed by atoms with Gasteiger partial charge in [-0.05, 0) is 12.1 Å². The number of aromatic nitrogens is 8. The van der Waals surface area contributed by atoms with Gasteiger partial charge in [0.15, 0.2) is 23.3 Å². The summed E-state index contributed by atoms with van der Waals surface area (Å²) >= 11 is 0. The summed E-state index contributed by atoms with van der Waals surface area (Å²) in [7, 11) is 0. The molecule has 0 unspecified atom stereocenters. The SMILES string of the molecule is c1ccc2c(c1)-c1nc3nc(nc4[nH]c(nc5ccc(nc-2n1)[nH]5)c1ccccc41)-c1ccccc1-3. The van der Waals surface area contributed by atoms with Gasteiger partial charge < -0.3 is 9.97 Å². The molecule has 0 atom stereocenters. The summed E-state index contributed by atoms with van der Waals surface area (Å²) < 4.78 is 0. The molecule has 2 N–H and O–H groups in total. The molecule has 3 aromatic carbocycles. The van der Waals surface area contributed by atoms with Gasteiger partial charge in [-0.1, -0.05) is 72.8 Å². The quantitative estimate of drug-likeness (QED) is 0.297. The lowest BCUT2D eigenvalue weighted by atomic mass is 10.1. The molecule has 8 nitrogen and oxygen atoms in total. The van der Waals surface area contributed by atoms with Crippen LogP contribution in [0.25, 0.3) is 78.9 Å². The van der Waals surface area contributed by atoms with Gasteiger partial charge in [0, 0.05) is 33.0 Å². The zero-order valence-electron chi connectivity index (χ0n) is 18.8. The summed E-state index contributed by atoms with van der Waals surface area (Å²) in [5, 5.41) is 1.94. The van der Waals surface area contributed by atoms with E-state index in [9.17, 15) is 0 Å². The zero-order valence-corrected chi connectivity index (χ0v) is 18.8. The Kier molecular flexibility index (Phi) is 3.78. The summed E-state index contributed by atoms with van der Waals surface area (Å²) in [4.78, 5) is 35.8. The van der Waals surface area contributed by atoms with Gasteiger partial charge in [-0.15, -0.1) is 0 Å². The fourth-order valence-corrected chi connectivity index (χ4v) is 4.79. The first-order chi connectivity index (χ1) is 17.8. The highest BCUT2D eigenvalue weighted by Crippen LogP contribution is 2.37. The van der Waals surface area contributed by atoms with Gasteiger partial charge in [0.2, 0.25) is 0 Å². The van der Waals surface area contributed by atoms with Crippen LogP contribution >= 0.6 is 0 Å². The maximum absolute atomic E-state index is 4.95. The minimum absolute atomic E-state index is 0.578. The van der Waals surface area contributed by atoms with Crippen LogP contribution in [0.2, 0.25) is 0 Å². The molecule has 168 valence electrons. The Hall–Kier alpha value is -5.24. The third-order valence-electron chi connectivity index (χ3n) is 6.46. The Bertz CT molecular complexity index is 2020. The highest BCUT2D eigenvalue weighted by molar-refractivity contribution is 6.04. The fourth-order valence-electron chi connectivity index (χ4n) is 4.79. The van der Waals surface area contributed by atoms with Crippen molar-refractivity contribution >= 4 is 33.4 Å². The van der Waals surface area contributed by atoms with Gasteiger partial charge in [-0.2, -0.15) is 0 Å². The third kappa shape index (κ3) is 2.81. The highest BCUT2D eigenvalue weighted by atomic mass is 15.1. The van der Waals surface area contributed by atoms with Crippen LogP contribution in [0.1, 0.15) is 0 Å². The van der Waals surface area contributed by atoms with E-state index in [1.165, 1.54) is 0 Å². The first kappa shape index (κ1) is 19.1. The fraction of sp³-hybridized carbons (Fsp3) is 0. The molecule has 0 amide bonds. The van der Waals surface area contributed by atoms with Crippen LogP contribution in [0.4, 0.5) is 0 Å². The van der Waals surface area contributed by atoms with E-state index in [0.29, 0.717) is 45.9 Å². The maximum atomic E-state index is 4.95. The Labute approximate surface area is 203 Å². The number of aromatic amines is 2. The molecule has 8 heteroatoms. The van der Waals surface area contributed by atoms with Crippen molar-refractivity contribution < 1.29 is 0 Å². The number of H-pyrrole nitrogens is 2. The minimum atomic E-state index is 0.578. The molecule has 0 radical (unpaired) electrons. The largest absolute Gasteiger partial charge is 0.325 e. The monoisotopic (exact) mass is 464 g/mol. The predicted molar refractivity (Wildman–Crippen MR) is 139 cm³/mol. The lowest BCUT2D eigenvalue weighted by molar-refractivity contribution is 1.16. The van der Waals surface area contributed by atoms with Crippen molar-refractivity contribution in [3.05, 3.63) is 84.9 Å². The van der Waals surface area contributed by atoms with Crippen LogP contribution in [0, 0.1) is 0 Å². The van der Waals surface area contributed by atoms with Crippen LogP contribution in [-0.2, 0) is 0 Å². The number of nitrogens with zero attached hydrogens (tertiary/aromatic N) is 6. The first-order valence-electron chi connectivity index (χ1n) is 11.6. The van der Waals surface area contributed by atoms with E-state index < -0.39 is 0 Å². The minimum Gasteiger partial charge on any atom is -0.325 e. The third-order valence-corrected chi connectivity index (χ3v) is 6.46. The molecule has 2 aliphatic heterocycles. The van der Waals surface area contributed by atoms with E-state index in [4.69, 9.17) is 29.9 Å². The number of hydrogen-bond acceptors (Lipinski definition) is 6. The van der Waals surface area contributed by atoms with Crippen molar-refractivity contribution in [3.8, 4) is 45.6 Å². The second kappa shape index (κ2) is 7.13. The van der Waals surface area contributed by atoms with Crippen LogP contribution in [-0.4, -0.2) is 39.9 Å². The molecule has 6 aromatic rings. The van der Waals surface area contributed by atoms with E-state index in [-0.39, 0.29) is 0 Å². The van der Waals surface area contributed by atoms with Gasteiger partial charge >= 0.3 is 0 Å². The van der Waals surface area contributed by atoms with Gasteiger partial charge in [-0.25, -0.2) is 29.9 Å². The molecule has 0 saturated heterocycles. The number of benzene rings is 3. The van der Waals surface area contributed by atoms with Crippen LogP contribution in [0.15, 0.2) is 84.9 Å². The molecule has 36 heavy (non-hydrogen) atoms. The van der Waals surface area contributed by atoms with Crippen molar-refractivity contribution in [2.45, 2.75) is 0 Å². The molecule has 8 rings (SSSR count). The van der Waals surface area contributed by atoms with E-state index >= 15 is 0 Å². The smallest absolute Gasteiger partial charge is 0.164 e. The number of hydrogen-bond donors (Lipinski definition) is 2. The van der Waals surface area contributed by atoms with E-state index in [1.807, 2.05) is 84.9 Å². The normalized spacial score (nSPS) is 11.9. The Morgan fingerprint density at radius 3 is 1.33 bits per heavy atom. The summed E-state index contributed by atoms with van der Waals surface area (Å²) in [5.74, 6) is 2.35. The first-order valence-corrected chi connectivity index (χ1v) is 11.6. The van der Waals surface area contributed by atoms with Gasteiger partial charge in [-0.3, -0.25) is 0 Å². The molecule has 5 heterocycles. The van der Waals surface area contributed by atoms with Crippen molar-refractivity contribution in [2.75, 3.05) is 0 Å². The van der Waals surface area contributed by atoms with Crippen molar-refractivity contribution in [2.24, 2.45) is 0 Å². The van der Waals surface area contributed by atoms with Gasteiger partial charge in [0.1, 0.15) is 22.6 Å². The number of rotatable bonds is 0. The molecule has 3 aromatic heterocycles. The summed E-state index contributed by atoms with van der Waals surface area (Å²) in [6.07, 6.45) is 0. The Morgan fingerprint density at radius 2 is 0.778 bits per heavy atom. The summed E-state index contributed by atoms with van der Waals surface area (Å²) in [5.41, 5.74) is 6.44. The number of nitrogens with one attached hydrogen (secondary N) is 2. The topological polar surface area (TPSA) is 109 Å². The van der Waals surface area contributed by atoms with Crippen LogP contribution < -0.4 is 0 Å². The predicted octanol–water partition coefficient (Wildman–Crippen LogP) is 5.72. The van der Waals surface area contributed by atoms with E-state index in [0.717, 1.165) is 33.0 Å². The lowest BCUT2D eigenvalue weighted by Gasteiger charge is -1.98. The molecule has 0 fully saturated rings.